The first-order valence-electron chi connectivity index (χ1n) is 10.7. The minimum Gasteiger partial charge on any atom is -0.509 e. The summed E-state index contributed by atoms with van der Waals surface area (Å²) in [5.41, 5.74) is 8.84. The lowest BCUT2D eigenvalue weighted by molar-refractivity contribution is -0.152. The summed E-state index contributed by atoms with van der Waals surface area (Å²) in [6.45, 7) is 6.93. The van der Waals surface area contributed by atoms with Crippen molar-refractivity contribution in [1.82, 2.24) is 4.90 Å². The van der Waals surface area contributed by atoms with Crippen molar-refractivity contribution in [2.45, 2.75) is 37.5 Å². The van der Waals surface area contributed by atoms with Crippen molar-refractivity contribution >= 4 is 23.5 Å². The first-order chi connectivity index (χ1) is 15.7. The van der Waals surface area contributed by atoms with E-state index in [0.717, 1.165) is 0 Å². The van der Waals surface area contributed by atoms with Gasteiger partial charge in [-0.2, -0.15) is 0 Å². The molecular weight excluding hydrogens is 442 g/mol. The number of nitrogens with zero attached hydrogens (tertiary/aromatic N) is 1. The molecular formula is C24H31N3O7. The van der Waals surface area contributed by atoms with Gasteiger partial charge in [-0.1, -0.05) is 25.6 Å². The number of aliphatic hydroxyl groups is 4. The zero-order valence-electron chi connectivity index (χ0n) is 19.5. The molecule has 3 rings (SSSR count). The summed E-state index contributed by atoms with van der Waals surface area (Å²) in [6.07, 6.45) is -0.0520. The maximum Gasteiger partial charge on any atom is 0.255 e. The summed E-state index contributed by atoms with van der Waals surface area (Å²) in [7, 11) is 3.01. The molecule has 0 heterocycles. The fourth-order valence-electron chi connectivity index (χ4n) is 5.56. The monoisotopic (exact) mass is 473 g/mol. The number of hydrogen-bond acceptors (Lipinski definition) is 9. The predicted octanol–water partition coefficient (Wildman–Crippen LogP) is 0.701. The zero-order valence-corrected chi connectivity index (χ0v) is 19.5. The Hall–Kier alpha value is -3.34. The van der Waals surface area contributed by atoms with E-state index in [1.165, 1.54) is 38.1 Å². The highest BCUT2D eigenvalue weighted by Gasteiger charge is 2.64. The van der Waals surface area contributed by atoms with Crippen LogP contribution in [0.15, 0.2) is 41.4 Å². The normalized spacial score (nSPS) is 30.4. The van der Waals surface area contributed by atoms with E-state index in [9.17, 15) is 35.1 Å². The van der Waals surface area contributed by atoms with Gasteiger partial charge < -0.3 is 37.0 Å². The van der Waals surface area contributed by atoms with Gasteiger partial charge in [-0.05, 0) is 44.1 Å². The number of phenols is 1. The summed E-state index contributed by atoms with van der Waals surface area (Å²) < 4.78 is 0. The fourth-order valence-corrected chi connectivity index (χ4v) is 5.56. The number of phenolic OH excluding ortho intramolecular Hbond substituents is 1. The average Bonchev–Trinajstić information content (AvgIpc) is 2.75. The van der Waals surface area contributed by atoms with Crippen LogP contribution < -0.4 is 11.5 Å². The molecule has 0 saturated heterocycles. The molecule has 2 aliphatic carbocycles. The van der Waals surface area contributed by atoms with Gasteiger partial charge in [0.05, 0.1) is 23.8 Å². The quantitative estimate of drug-likeness (QED) is 0.183. The maximum atomic E-state index is 13.1. The Morgan fingerprint density at radius 1 is 1.24 bits per heavy atom. The van der Waals surface area contributed by atoms with Crippen LogP contribution in [0.3, 0.4) is 0 Å². The molecule has 6 atom stereocenters. The molecule has 0 aromatic heterocycles. The third kappa shape index (κ3) is 3.29. The Bertz CT molecular complexity index is 1140. The van der Waals surface area contributed by atoms with Gasteiger partial charge in [0.2, 0.25) is 0 Å². The first kappa shape index (κ1) is 25.3. The van der Waals surface area contributed by atoms with Gasteiger partial charge in [0.15, 0.2) is 11.4 Å². The van der Waals surface area contributed by atoms with Crippen LogP contribution in [-0.4, -0.2) is 74.0 Å². The van der Waals surface area contributed by atoms with E-state index in [1.54, 1.807) is 13.0 Å². The zero-order chi connectivity index (χ0) is 25.9. The molecule has 1 aromatic rings. The van der Waals surface area contributed by atoms with Crippen molar-refractivity contribution in [3.8, 4) is 5.75 Å². The highest BCUT2D eigenvalue weighted by molar-refractivity contribution is 6.22. The Morgan fingerprint density at radius 2 is 1.82 bits per heavy atom. The van der Waals surface area contributed by atoms with Crippen molar-refractivity contribution in [1.29, 1.82) is 0 Å². The number of fused-ring (bicyclic) bond motifs is 1. The van der Waals surface area contributed by atoms with Crippen LogP contribution >= 0.6 is 0 Å². The number of likely N-dealkylation sites (N-methyl/N-ethyl adjacent to an activating group) is 1. The molecule has 0 fully saturated rings. The van der Waals surface area contributed by atoms with Crippen molar-refractivity contribution in [2.75, 3.05) is 19.8 Å². The number of anilines is 1. The molecule has 2 unspecified atom stereocenters. The number of nitrogen functional groups attached to an aromatic ring is 1. The molecule has 0 saturated carbocycles. The molecule has 34 heavy (non-hydrogen) atoms. The van der Waals surface area contributed by atoms with Crippen LogP contribution in [0.2, 0.25) is 0 Å². The number of aliphatic hydroxyl groups excluding tert-OH is 3. The van der Waals surface area contributed by atoms with E-state index < -0.39 is 64.3 Å². The topological polar surface area (TPSA) is 191 Å². The molecule has 1 aromatic carbocycles. The minimum absolute atomic E-state index is 0.132. The van der Waals surface area contributed by atoms with Gasteiger partial charge in [0.1, 0.15) is 22.8 Å². The van der Waals surface area contributed by atoms with Crippen LogP contribution in [0.4, 0.5) is 5.69 Å². The van der Waals surface area contributed by atoms with E-state index in [2.05, 4.69) is 6.58 Å². The molecule has 0 aliphatic heterocycles. The number of benzene rings is 1. The van der Waals surface area contributed by atoms with E-state index in [-0.39, 0.29) is 17.0 Å². The Kier molecular flexibility index (Phi) is 6.29. The van der Waals surface area contributed by atoms with E-state index in [4.69, 9.17) is 11.5 Å². The van der Waals surface area contributed by atoms with E-state index in [1.807, 2.05) is 0 Å². The van der Waals surface area contributed by atoms with E-state index >= 15 is 0 Å². The summed E-state index contributed by atoms with van der Waals surface area (Å²) in [4.78, 5) is 26.5. The number of Topliss-reactive ketones (excluding diaryl/α,β-unsaturated/α-hetero) is 1. The smallest absolute Gasteiger partial charge is 0.255 e. The lowest BCUT2D eigenvalue weighted by Crippen LogP contribution is -2.66. The number of hydrogen-bond donors (Lipinski definition) is 7. The van der Waals surface area contributed by atoms with Crippen LogP contribution in [0.25, 0.3) is 6.08 Å². The number of carbonyl (C=O) groups is 2. The van der Waals surface area contributed by atoms with Gasteiger partial charge in [0.25, 0.3) is 5.91 Å². The van der Waals surface area contributed by atoms with Gasteiger partial charge in [-0.15, -0.1) is 0 Å². The summed E-state index contributed by atoms with van der Waals surface area (Å²) in [5, 5.41) is 55.5. The van der Waals surface area contributed by atoms with Crippen molar-refractivity contribution in [3.05, 3.63) is 52.5 Å². The molecule has 10 heteroatoms. The largest absolute Gasteiger partial charge is 0.509 e. The second kappa shape index (κ2) is 8.46. The first-order valence-corrected chi connectivity index (χ1v) is 10.7. The van der Waals surface area contributed by atoms with Crippen LogP contribution in [0, 0.1) is 11.8 Å². The molecule has 9 N–H and O–H groups in total. The van der Waals surface area contributed by atoms with Crippen molar-refractivity contribution < 1.29 is 35.1 Å². The highest BCUT2D eigenvalue weighted by atomic mass is 16.4. The van der Waals surface area contributed by atoms with E-state index in [0.29, 0.717) is 11.1 Å². The number of aromatic hydroxyl groups is 1. The summed E-state index contributed by atoms with van der Waals surface area (Å²) in [5.74, 6) is -6.96. The fraction of sp³-hybridized carbons (Fsp3) is 0.417. The SMILES string of the molecule is C=Cc1c([C@H](C)C2C(C)=C(O)[C@]3(O)C(O)=C(C(N)=O)C(=O)[C@@H](N(C)C)C3[C@H]2O)ccc(N)c1O. The van der Waals surface area contributed by atoms with Gasteiger partial charge in [0, 0.05) is 11.5 Å². The van der Waals surface area contributed by atoms with Crippen LogP contribution in [-0.2, 0) is 9.59 Å². The van der Waals surface area contributed by atoms with Crippen molar-refractivity contribution in [2.24, 2.45) is 17.6 Å². The third-order valence-corrected chi connectivity index (χ3v) is 7.22. The van der Waals surface area contributed by atoms with Crippen LogP contribution in [0.1, 0.15) is 30.9 Å². The van der Waals surface area contributed by atoms with Gasteiger partial charge in [-0.25, -0.2) is 0 Å². The molecule has 184 valence electrons. The second-order valence-corrected chi connectivity index (χ2v) is 9.20. The Labute approximate surface area is 197 Å². The number of amides is 1. The second-order valence-electron chi connectivity index (χ2n) is 9.20. The standard InChI is InChI=1S/C24H31N3O7/c1-6-11-12(7-8-13(25)18(11)28)9(2)14-10(3)21(31)24(34)16(19(14)29)17(27(4)5)20(30)15(22(24)32)23(26)33/h6-9,14,16-17,19,28-29,31-32,34H,1,25H2,2-5H3,(H2,26,33)/t9-,14?,16?,17-,19-,24-/m0/s1. The maximum absolute atomic E-state index is 13.1. The molecule has 1 amide bonds. The number of nitrogens with two attached hydrogens (primary N) is 2. The summed E-state index contributed by atoms with van der Waals surface area (Å²) in [6, 6.07) is 1.87. The Morgan fingerprint density at radius 3 is 2.32 bits per heavy atom. The van der Waals surface area contributed by atoms with Gasteiger partial charge >= 0.3 is 0 Å². The number of carbonyl (C=O) groups excluding carboxylic acids is 2. The predicted molar refractivity (Wildman–Crippen MR) is 126 cm³/mol. The lowest BCUT2D eigenvalue weighted by Gasteiger charge is -2.52. The summed E-state index contributed by atoms with van der Waals surface area (Å²) >= 11 is 0. The molecule has 10 nitrogen and oxygen atoms in total. The number of ketones is 1. The Balaban J connectivity index is 2.30. The van der Waals surface area contributed by atoms with Crippen LogP contribution in [0.5, 0.6) is 5.75 Å². The van der Waals surface area contributed by atoms with Crippen molar-refractivity contribution in [3.63, 3.8) is 0 Å². The molecule has 0 radical (unpaired) electrons. The number of primary amides is 1. The third-order valence-electron chi connectivity index (χ3n) is 7.22. The van der Waals surface area contributed by atoms with Gasteiger partial charge in [-0.3, -0.25) is 14.5 Å². The lowest BCUT2D eigenvalue weighted by atomic mass is 9.58. The molecule has 2 aliphatic rings. The number of rotatable bonds is 5. The molecule has 0 spiro atoms. The molecule has 0 bridgehead atoms. The minimum atomic E-state index is -2.61. The average molecular weight is 474 g/mol. The highest BCUT2D eigenvalue weighted by Crippen LogP contribution is 2.53.